The van der Waals surface area contributed by atoms with Gasteiger partial charge >= 0.3 is 0 Å². The van der Waals surface area contributed by atoms with Gasteiger partial charge in [0, 0.05) is 12.1 Å². The summed E-state index contributed by atoms with van der Waals surface area (Å²) in [5, 5.41) is 3.72. The Balaban J connectivity index is 1.84. The molecule has 2 aliphatic rings. The van der Waals surface area contributed by atoms with Gasteiger partial charge in [0.25, 0.3) is 0 Å². The van der Waals surface area contributed by atoms with Crippen LogP contribution in [0.5, 0.6) is 0 Å². The fourth-order valence-electron chi connectivity index (χ4n) is 3.05. The van der Waals surface area contributed by atoms with Crippen molar-refractivity contribution in [1.29, 1.82) is 0 Å². The van der Waals surface area contributed by atoms with Gasteiger partial charge in [0.2, 0.25) is 0 Å². The third-order valence-corrected chi connectivity index (χ3v) is 4.33. The maximum absolute atomic E-state index is 3.72. The average Bonchev–Trinajstić information content (AvgIpc) is 2.96. The van der Waals surface area contributed by atoms with Crippen LogP contribution >= 0.6 is 0 Å². The SMILES string of the molecule is CC(C)(C)NCC1(C2CCCCC2)CC1. The first-order chi connectivity index (χ1) is 7.02. The lowest BCUT2D eigenvalue weighted by atomic mass is 9.77. The number of hydrogen-bond acceptors (Lipinski definition) is 1. The first-order valence-electron chi connectivity index (χ1n) is 6.77. The summed E-state index contributed by atoms with van der Waals surface area (Å²) in [5.41, 5.74) is 1.01. The fourth-order valence-corrected chi connectivity index (χ4v) is 3.05. The number of hydrogen-bond donors (Lipinski definition) is 1. The summed E-state index contributed by atoms with van der Waals surface area (Å²) in [7, 11) is 0. The van der Waals surface area contributed by atoms with Crippen molar-refractivity contribution in [2.24, 2.45) is 11.3 Å². The molecule has 2 fully saturated rings. The first kappa shape index (κ1) is 11.4. The molecule has 0 aliphatic heterocycles. The minimum Gasteiger partial charge on any atom is -0.312 e. The van der Waals surface area contributed by atoms with Crippen molar-refractivity contribution in [3.8, 4) is 0 Å². The van der Waals surface area contributed by atoms with Gasteiger partial charge in [-0.3, -0.25) is 0 Å². The zero-order chi connectivity index (χ0) is 10.9. The molecular formula is C14H27N. The lowest BCUT2D eigenvalue weighted by Gasteiger charge is -2.33. The fraction of sp³-hybridized carbons (Fsp3) is 1.00. The molecule has 2 saturated carbocycles. The predicted molar refractivity (Wildman–Crippen MR) is 66.0 cm³/mol. The van der Waals surface area contributed by atoms with E-state index in [-0.39, 0.29) is 0 Å². The molecule has 0 spiro atoms. The monoisotopic (exact) mass is 209 g/mol. The highest BCUT2D eigenvalue weighted by atomic mass is 15.0. The quantitative estimate of drug-likeness (QED) is 0.746. The van der Waals surface area contributed by atoms with Crippen molar-refractivity contribution in [3.05, 3.63) is 0 Å². The number of nitrogens with one attached hydrogen (secondary N) is 1. The summed E-state index contributed by atoms with van der Waals surface area (Å²) >= 11 is 0. The first-order valence-corrected chi connectivity index (χ1v) is 6.77. The Morgan fingerprint density at radius 3 is 2.13 bits per heavy atom. The van der Waals surface area contributed by atoms with Crippen LogP contribution in [-0.2, 0) is 0 Å². The van der Waals surface area contributed by atoms with Crippen LogP contribution in [0, 0.1) is 11.3 Å². The minimum absolute atomic E-state index is 0.296. The summed E-state index contributed by atoms with van der Waals surface area (Å²) in [6.07, 6.45) is 10.4. The van der Waals surface area contributed by atoms with E-state index in [1.807, 2.05) is 0 Å². The van der Waals surface area contributed by atoms with E-state index in [1.54, 1.807) is 0 Å². The van der Waals surface area contributed by atoms with Crippen molar-refractivity contribution in [2.45, 2.75) is 71.3 Å². The Hall–Kier alpha value is -0.0400. The van der Waals surface area contributed by atoms with Crippen LogP contribution in [0.4, 0.5) is 0 Å². The Morgan fingerprint density at radius 2 is 1.67 bits per heavy atom. The van der Waals surface area contributed by atoms with Crippen LogP contribution in [0.2, 0.25) is 0 Å². The molecule has 0 aromatic carbocycles. The minimum atomic E-state index is 0.296. The van der Waals surface area contributed by atoms with Gasteiger partial charge in [-0.2, -0.15) is 0 Å². The lowest BCUT2D eigenvalue weighted by Crippen LogP contribution is -2.42. The van der Waals surface area contributed by atoms with Gasteiger partial charge in [-0.1, -0.05) is 19.3 Å². The summed E-state index contributed by atoms with van der Waals surface area (Å²) in [6.45, 7) is 8.11. The van der Waals surface area contributed by atoms with Crippen LogP contribution in [0.3, 0.4) is 0 Å². The average molecular weight is 209 g/mol. The standard InChI is InChI=1S/C14H27N/c1-13(2,3)15-11-14(9-10-14)12-7-5-4-6-8-12/h12,15H,4-11H2,1-3H3. The van der Waals surface area contributed by atoms with E-state index < -0.39 is 0 Å². The van der Waals surface area contributed by atoms with E-state index in [0.29, 0.717) is 11.0 Å². The summed E-state index contributed by atoms with van der Waals surface area (Å²) in [6, 6.07) is 0. The largest absolute Gasteiger partial charge is 0.312 e. The predicted octanol–water partition coefficient (Wildman–Crippen LogP) is 3.74. The second kappa shape index (κ2) is 4.08. The Morgan fingerprint density at radius 1 is 1.07 bits per heavy atom. The third-order valence-electron chi connectivity index (χ3n) is 4.33. The maximum Gasteiger partial charge on any atom is 0.00967 e. The molecule has 15 heavy (non-hydrogen) atoms. The lowest BCUT2D eigenvalue weighted by molar-refractivity contribution is 0.206. The highest BCUT2D eigenvalue weighted by Gasteiger charge is 2.48. The summed E-state index contributed by atoms with van der Waals surface area (Å²) in [4.78, 5) is 0. The second-order valence-electron chi connectivity index (χ2n) is 6.80. The Kier molecular flexibility index (Phi) is 3.12. The molecular weight excluding hydrogens is 182 g/mol. The third kappa shape index (κ3) is 2.96. The highest BCUT2D eigenvalue weighted by molar-refractivity contribution is 5.01. The van der Waals surface area contributed by atoms with Crippen molar-refractivity contribution in [3.63, 3.8) is 0 Å². The second-order valence-corrected chi connectivity index (χ2v) is 6.80. The molecule has 0 aromatic heterocycles. The van der Waals surface area contributed by atoms with Crippen molar-refractivity contribution in [2.75, 3.05) is 6.54 Å². The van der Waals surface area contributed by atoms with Crippen molar-refractivity contribution >= 4 is 0 Å². The zero-order valence-corrected chi connectivity index (χ0v) is 10.7. The Labute approximate surface area is 95.0 Å². The van der Waals surface area contributed by atoms with Gasteiger partial charge in [-0.15, -0.1) is 0 Å². The van der Waals surface area contributed by atoms with E-state index in [1.165, 1.54) is 51.5 Å². The molecule has 0 amide bonds. The molecule has 1 heteroatoms. The van der Waals surface area contributed by atoms with Crippen LogP contribution < -0.4 is 5.32 Å². The summed E-state index contributed by atoms with van der Waals surface area (Å²) in [5.74, 6) is 1.04. The molecule has 1 N–H and O–H groups in total. The highest BCUT2D eigenvalue weighted by Crippen LogP contribution is 2.56. The zero-order valence-electron chi connectivity index (χ0n) is 10.7. The van der Waals surface area contributed by atoms with Gasteiger partial charge in [0.15, 0.2) is 0 Å². The molecule has 0 bridgehead atoms. The normalized spacial score (nSPS) is 26.6. The van der Waals surface area contributed by atoms with E-state index in [4.69, 9.17) is 0 Å². The van der Waals surface area contributed by atoms with Crippen LogP contribution in [0.15, 0.2) is 0 Å². The van der Waals surface area contributed by atoms with Crippen LogP contribution in [0.25, 0.3) is 0 Å². The van der Waals surface area contributed by atoms with Crippen molar-refractivity contribution < 1.29 is 0 Å². The molecule has 0 saturated heterocycles. The van der Waals surface area contributed by atoms with Crippen LogP contribution in [-0.4, -0.2) is 12.1 Å². The smallest absolute Gasteiger partial charge is 0.00967 e. The molecule has 0 aromatic rings. The molecule has 0 atom stereocenters. The molecule has 2 rings (SSSR count). The van der Waals surface area contributed by atoms with Gasteiger partial charge in [-0.25, -0.2) is 0 Å². The maximum atomic E-state index is 3.72. The van der Waals surface area contributed by atoms with Crippen LogP contribution in [0.1, 0.15) is 65.7 Å². The molecule has 88 valence electrons. The number of rotatable bonds is 3. The van der Waals surface area contributed by atoms with E-state index >= 15 is 0 Å². The molecule has 2 aliphatic carbocycles. The molecule has 0 radical (unpaired) electrons. The van der Waals surface area contributed by atoms with Gasteiger partial charge in [0.05, 0.1) is 0 Å². The van der Waals surface area contributed by atoms with Crippen molar-refractivity contribution in [1.82, 2.24) is 5.32 Å². The van der Waals surface area contributed by atoms with E-state index in [0.717, 1.165) is 5.92 Å². The molecule has 0 unspecified atom stereocenters. The van der Waals surface area contributed by atoms with E-state index in [9.17, 15) is 0 Å². The summed E-state index contributed by atoms with van der Waals surface area (Å²) < 4.78 is 0. The topological polar surface area (TPSA) is 12.0 Å². The van der Waals surface area contributed by atoms with Gasteiger partial charge in [0.1, 0.15) is 0 Å². The molecule has 1 nitrogen and oxygen atoms in total. The van der Waals surface area contributed by atoms with Gasteiger partial charge in [-0.05, 0) is 57.8 Å². The van der Waals surface area contributed by atoms with E-state index in [2.05, 4.69) is 26.1 Å². The Bertz CT molecular complexity index is 204. The molecule has 0 heterocycles. The van der Waals surface area contributed by atoms with Gasteiger partial charge < -0.3 is 5.32 Å².